The Morgan fingerprint density at radius 3 is 2.62 bits per heavy atom. The highest BCUT2D eigenvalue weighted by Gasteiger charge is 2.15. The summed E-state index contributed by atoms with van der Waals surface area (Å²) in [7, 11) is 0. The number of alkyl carbamates (subject to hydrolysis) is 1. The summed E-state index contributed by atoms with van der Waals surface area (Å²) >= 11 is 0. The maximum Gasteiger partial charge on any atom is 0.407 e. The Bertz CT molecular complexity index is 873. The Morgan fingerprint density at radius 2 is 1.92 bits per heavy atom. The molecule has 0 saturated heterocycles. The van der Waals surface area contributed by atoms with Crippen LogP contribution >= 0.6 is 0 Å². The van der Waals surface area contributed by atoms with E-state index in [-0.39, 0.29) is 25.0 Å². The molecule has 0 atom stereocenters. The zero-order valence-electron chi connectivity index (χ0n) is 14.8. The lowest BCUT2D eigenvalue weighted by molar-refractivity contribution is -0.121. The number of halogens is 1. The minimum absolute atomic E-state index is 0.104. The van der Waals surface area contributed by atoms with Crippen LogP contribution in [0.4, 0.5) is 9.18 Å². The molecular formula is C17H21FN4O4. The molecule has 0 spiro atoms. The predicted octanol–water partition coefficient (Wildman–Crippen LogP) is 1.18. The van der Waals surface area contributed by atoms with E-state index in [0.717, 1.165) is 10.6 Å². The molecule has 140 valence electrons. The van der Waals surface area contributed by atoms with E-state index in [4.69, 9.17) is 4.74 Å². The molecule has 0 unspecified atom stereocenters. The summed E-state index contributed by atoms with van der Waals surface area (Å²) in [6, 6.07) is 3.70. The fraction of sp³-hybridized carbons (Fsp3) is 0.412. The lowest BCUT2D eigenvalue weighted by atomic mass is 10.2. The Hall–Kier alpha value is -2.97. The maximum atomic E-state index is 13.3. The van der Waals surface area contributed by atoms with E-state index < -0.39 is 29.0 Å². The number of aromatic nitrogens is 2. The first-order valence-electron chi connectivity index (χ1n) is 8.04. The quantitative estimate of drug-likeness (QED) is 0.776. The highest BCUT2D eigenvalue weighted by atomic mass is 19.1. The van der Waals surface area contributed by atoms with Crippen molar-refractivity contribution >= 4 is 22.9 Å². The van der Waals surface area contributed by atoms with Crippen molar-refractivity contribution in [2.45, 2.75) is 32.9 Å². The van der Waals surface area contributed by atoms with Crippen LogP contribution in [0.3, 0.4) is 0 Å². The van der Waals surface area contributed by atoms with Crippen LogP contribution in [0.2, 0.25) is 0 Å². The number of ether oxygens (including phenoxy) is 1. The lowest BCUT2D eigenvalue weighted by Gasteiger charge is -2.19. The van der Waals surface area contributed by atoms with Crippen molar-refractivity contribution < 1.29 is 18.7 Å². The number of carbonyl (C=O) groups is 2. The smallest absolute Gasteiger partial charge is 0.407 e. The van der Waals surface area contributed by atoms with Crippen LogP contribution in [0, 0.1) is 5.82 Å². The third-order valence-corrected chi connectivity index (χ3v) is 3.22. The minimum atomic E-state index is -0.600. The van der Waals surface area contributed by atoms with Crippen molar-refractivity contribution in [1.82, 2.24) is 20.2 Å². The average molecular weight is 364 g/mol. The van der Waals surface area contributed by atoms with Crippen LogP contribution in [0.1, 0.15) is 20.8 Å². The number of benzene rings is 1. The normalized spacial score (nSPS) is 11.2. The predicted molar refractivity (Wildman–Crippen MR) is 93.2 cm³/mol. The van der Waals surface area contributed by atoms with Crippen LogP contribution in [0.15, 0.2) is 29.3 Å². The standard InChI is InChI=1S/C17H21FN4O4/c1-17(2,3)26-16(25)20-7-6-19-14(23)9-22-10-21-13-5-4-11(18)8-12(13)15(22)24/h4-5,8,10H,6-7,9H2,1-3H3,(H,19,23)(H,20,25). The summed E-state index contributed by atoms with van der Waals surface area (Å²) in [5, 5.41) is 5.17. The number of rotatable bonds is 5. The number of nitrogens with one attached hydrogen (secondary N) is 2. The SMILES string of the molecule is CC(C)(C)OC(=O)NCCNC(=O)Cn1cnc2ccc(F)cc2c1=O. The van der Waals surface area contributed by atoms with Crippen molar-refractivity contribution in [2.24, 2.45) is 0 Å². The van der Waals surface area contributed by atoms with Crippen molar-refractivity contribution in [3.05, 3.63) is 40.7 Å². The second kappa shape index (κ2) is 7.94. The van der Waals surface area contributed by atoms with Crippen LogP contribution in [0.5, 0.6) is 0 Å². The molecule has 0 fully saturated rings. The van der Waals surface area contributed by atoms with E-state index in [1.54, 1.807) is 20.8 Å². The van der Waals surface area contributed by atoms with Gasteiger partial charge in [-0.25, -0.2) is 14.2 Å². The fourth-order valence-corrected chi connectivity index (χ4v) is 2.14. The first-order valence-corrected chi connectivity index (χ1v) is 8.04. The molecule has 1 heterocycles. The molecule has 26 heavy (non-hydrogen) atoms. The lowest BCUT2D eigenvalue weighted by Crippen LogP contribution is -2.39. The van der Waals surface area contributed by atoms with Gasteiger partial charge in [-0.15, -0.1) is 0 Å². The van der Waals surface area contributed by atoms with Gasteiger partial charge in [0.25, 0.3) is 5.56 Å². The molecule has 8 nitrogen and oxygen atoms in total. The van der Waals surface area contributed by atoms with Gasteiger partial charge in [0.05, 0.1) is 17.2 Å². The van der Waals surface area contributed by atoms with Gasteiger partial charge in [0.1, 0.15) is 18.0 Å². The van der Waals surface area contributed by atoms with Crippen molar-refractivity contribution in [1.29, 1.82) is 0 Å². The number of hydrogen-bond acceptors (Lipinski definition) is 5. The Morgan fingerprint density at radius 1 is 1.23 bits per heavy atom. The number of carbonyl (C=O) groups excluding carboxylic acids is 2. The second-order valence-corrected chi connectivity index (χ2v) is 6.62. The Labute approximate surface area is 149 Å². The number of amides is 2. The third kappa shape index (κ3) is 5.54. The molecule has 2 amide bonds. The first kappa shape index (κ1) is 19.4. The summed E-state index contributed by atoms with van der Waals surface area (Å²) in [4.78, 5) is 39.7. The zero-order chi connectivity index (χ0) is 19.3. The molecular weight excluding hydrogens is 343 g/mol. The van der Waals surface area contributed by atoms with Gasteiger partial charge < -0.3 is 15.4 Å². The highest BCUT2D eigenvalue weighted by Crippen LogP contribution is 2.08. The molecule has 0 bridgehead atoms. The number of fused-ring (bicyclic) bond motifs is 1. The molecule has 1 aromatic heterocycles. The first-order chi connectivity index (χ1) is 12.2. The highest BCUT2D eigenvalue weighted by molar-refractivity contribution is 5.79. The molecule has 1 aromatic carbocycles. The second-order valence-electron chi connectivity index (χ2n) is 6.62. The summed E-state index contributed by atoms with van der Waals surface area (Å²) in [5.41, 5.74) is -0.747. The van der Waals surface area contributed by atoms with Crippen LogP contribution < -0.4 is 16.2 Å². The molecule has 0 aliphatic rings. The summed E-state index contributed by atoms with van der Waals surface area (Å²) in [6.45, 7) is 5.32. The fourth-order valence-electron chi connectivity index (χ4n) is 2.14. The summed E-state index contributed by atoms with van der Waals surface area (Å²) < 4.78 is 19.4. The average Bonchev–Trinajstić information content (AvgIpc) is 2.53. The zero-order valence-corrected chi connectivity index (χ0v) is 14.8. The van der Waals surface area contributed by atoms with Gasteiger partial charge in [0.2, 0.25) is 5.91 Å². The van der Waals surface area contributed by atoms with Crippen LogP contribution in [-0.2, 0) is 16.1 Å². The molecule has 2 aromatic rings. The minimum Gasteiger partial charge on any atom is -0.444 e. The van der Waals surface area contributed by atoms with Crippen LogP contribution in [0.25, 0.3) is 10.9 Å². The molecule has 0 aliphatic carbocycles. The van der Waals surface area contributed by atoms with Crippen molar-refractivity contribution in [3.63, 3.8) is 0 Å². The molecule has 2 N–H and O–H groups in total. The van der Waals surface area contributed by atoms with E-state index >= 15 is 0 Å². The van der Waals surface area contributed by atoms with E-state index in [2.05, 4.69) is 15.6 Å². The van der Waals surface area contributed by atoms with E-state index in [1.807, 2.05) is 0 Å². The van der Waals surface area contributed by atoms with E-state index in [1.165, 1.54) is 18.5 Å². The summed E-state index contributed by atoms with van der Waals surface area (Å²) in [5.74, 6) is -0.984. The Balaban J connectivity index is 1.87. The largest absolute Gasteiger partial charge is 0.444 e. The molecule has 9 heteroatoms. The monoisotopic (exact) mass is 364 g/mol. The van der Waals surface area contributed by atoms with Crippen molar-refractivity contribution in [2.75, 3.05) is 13.1 Å². The van der Waals surface area contributed by atoms with E-state index in [9.17, 15) is 18.8 Å². The molecule has 0 saturated carbocycles. The van der Waals surface area contributed by atoms with Gasteiger partial charge in [0, 0.05) is 13.1 Å². The van der Waals surface area contributed by atoms with Crippen LogP contribution in [-0.4, -0.2) is 40.2 Å². The third-order valence-electron chi connectivity index (χ3n) is 3.22. The van der Waals surface area contributed by atoms with Gasteiger partial charge in [-0.3, -0.25) is 14.2 Å². The van der Waals surface area contributed by atoms with Crippen molar-refractivity contribution in [3.8, 4) is 0 Å². The maximum absolute atomic E-state index is 13.3. The topological polar surface area (TPSA) is 102 Å². The van der Waals surface area contributed by atoms with Gasteiger partial charge in [-0.1, -0.05) is 0 Å². The van der Waals surface area contributed by atoms with Gasteiger partial charge in [-0.2, -0.15) is 0 Å². The summed E-state index contributed by atoms with van der Waals surface area (Å²) in [6.07, 6.45) is 0.657. The molecule has 0 radical (unpaired) electrons. The van der Waals surface area contributed by atoms with E-state index in [0.29, 0.717) is 5.52 Å². The number of hydrogen-bond donors (Lipinski definition) is 2. The number of nitrogens with zero attached hydrogens (tertiary/aromatic N) is 2. The van der Waals surface area contributed by atoms with Gasteiger partial charge in [-0.05, 0) is 39.0 Å². The molecule has 0 aliphatic heterocycles. The molecule has 2 rings (SSSR count). The van der Waals surface area contributed by atoms with Gasteiger partial charge in [0.15, 0.2) is 0 Å². The van der Waals surface area contributed by atoms with Gasteiger partial charge >= 0.3 is 6.09 Å². The Kier molecular flexibility index (Phi) is 5.91.